The number of ketones is 1. The molecule has 2 aromatic rings. The molecule has 5 rings (SSSR count). The zero-order chi connectivity index (χ0) is 21.9. The summed E-state index contributed by atoms with van der Waals surface area (Å²) in [5, 5.41) is 0. The van der Waals surface area contributed by atoms with Crippen molar-refractivity contribution in [3.8, 4) is 0 Å². The minimum absolute atomic E-state index is 0.0913. The van der Waals surface area contributed by atoms with Crippen molar-refractivity contribution >= 4 is 11.6 Å². The molecule has 0 radical (unpaired) electrons. The first-order valence-electron chi connectivity index (χ1n) is 12.4. The van der Waals surface area contributed by atoms with Crippen LogP contribution in [0, 0.1) is 12.8 Å². The lowest BCUT2D eigenvalue weighted by Crippen LogP contribution is -2.44. The van der Waals surface area contributed by atoms with Gasteiger partial charge < -0.3 is 9.80 Å². The summed E-state index contributed by atoms with van der Waals surface area (Å²) in [6, 6.07) is 13.3. The summed E-state index contributed by atoms with van der Waals surface area (Å²) < 4.78 is 0. The number of anilines is 1. The normalized spacial score (nSPS) is 23.8. The summed E-state index contributed by atoms with van der Waals surface area (Å²) in [4.78, 5) is 22.2. The van der Waals surface area contributed by atoms with Gasteiger partial charge in [-0.2, -0.15) is 0 Å². The van der Waals surface area contributed by atoms with Crippen molar-refractivity contribution in [2.45, 2.75) is 70.4 Å². The van der Waals surface area contributed by atoms with Crippen molar-refractivity contribution < 1.29 is 4.79 Å². The van der Waals surface area contributed by atoms with Crippen LogP contribution in [0.25, 0.3) is 0 Å². The van der Waals surface area contributed by atoms with E-state index in [0.29, 0.717) is 12.1 Å². The number of piperazine rings is 1. The van der Waals surface area contributed by atoms with Gasteiger partial charge in [0.2, 0.25) is 0 Å². The van der Waals surface area contributed by atoms with Crippen LogP contribution in [0.3, 0.4) is 0 Å². The zero-order valence-electron chi connectivity index (χ0n) is 19.2. The van der Waals surface area contributed by atoms with Crippen LogP contribution in [-0.4, -0.2) is 40.8 Å². The van der Waals surface area contributed by atoms with E-state index >= 15 is 0 Å². The smallest absolute Gasteiger partial charge is 0.187 e. The lowest BCUT2D eigenvalue weighted by atomic mass is 9.93. The molecule has 4 heteroatoms. The molecule has 1 aromatic carbocycles. The third-order valence-corrected chi connectivity index (χ3v) is 7.71. The second-order valence-corrected chi connectivity index (χ2v) is 9.97. The minimum atomic E-state index is 0.0913. The summed E-state index contributed by atoms with van der Waals surface area (Å²) in [5.74, 6) is 2.05. The van der Waals surface area contributed by atoms with Crippen LogP contribution >= 0.6 is 0 Å². The number of likely N-dealkylation sites (tertiary alicyclic amines) is 1. The van der Waals surface area contributed by atoms with Gasteiger partial charge in [0.15, 0.2) is 5.78 Å². The quantitative estimate of drug-likeness (QED) is 0.342. The number of benzene rings is 1. The first-order chi connectivity index (χ1) is 15.7. The highest BCUT2D eigenvalue weighted by Crippen LogP contribution is 2.34. The predicted molar refractivity (Wildman–Crippen MR) is 130 cm³/mol. The van der Waals surface area contributed by atoms with Gasteiger partial charge in [-0.1, -0.05) is 68.9 Å². The van der Waals surface area contributed by atoms with E-state index in [4.69, 9.17) is 4.98 Å². The standard InChI is InChI=1S/C28H35N3O/c1-21-8-6-7-11-26(21)27(32)14-15-30-19-25-17-24(30)20-31(25)28-13-12-23(18-29-28)16-22-9-4-2-3-5-10-22/h6-8,11-15,18,22,24-25H,2-5,9-10,16-17,19-20H2,1H3/b15-14+. The van der Waals surface area contributed by atoms with Crippen LogP contribution in [0.1, 0.15) is 66.4 Å². The van der Waals surface area contributed by atoms with Crippen molar-refractivity contribution in [3.05, 3.63) is 71.6 Å². The zero-order valence-corrected chi connectivity index (χ0v) is 19.2. The average Bonchev–Trinajstić information content (AvgIpc) is 3.31. The van der Waals surface area contributed by atoms with Crippen molar-refractivity contribution in [3.63, 3.8) is 0 Å². The molecular weight excluding hydrogens is 394 g/mol. The van der Waals surface area contributed by atoms with Gasteiger partial charge in [-0.05, 0) is 42.9 Å². The van der Waals surface area contributed by atoms with E-state index < -0.39 is 0 Å². The molecule has 2 saturated heterocycles. The Kier molecular flexibility index (Phi) is 6.29. The lowest BCUT2D eigenvalue weighted by molar-refractivity contribution is 0.104. The number of fused-ring (bicyclic) bond motifs is 2. The van der Waals surface area contributed by atoms with Gasteiger partial charge in [-0.3, -0.25) is 4.79 Å². The first kappa shape index (κ1) is 21.2. The molecule has 1 aromatic heterocycles. The van der Waals surface area contributed by atoms with Gasteiger partial charge in [0, 0.05) is 49.2 Å². The molecular formula is C28H35N3O. The maximum Gasteiger partial charge on any atom is 0.187 e. The molecule has 32 heavy (non-hydrogen) atoms. The summed E-state index contributed by atoms with van der Waals surface area (Å²) >= 11 is 0. The highest BCUT2D eigenvalue weighted by molar-refractivity contribution is 6.05. The van der Waals surface area contributed by atoms with E-state index in [1.807, 2.05) is 37.4 Å². The number of allylic oxidation sites excluding steroid dienone is 1. The summed E-state index contributed by atoms with van der Waals surface area (Å²) in [6.45, 7) is 3.95. The molecule has 0 N–H and O–H groups in total. The molecule has 2 atom stereocenters. The van der Waals surface area contributed by atoms with Gasteiger partial charge in [0.05, 0.1) is 0 Å². The molecule has 168 valence electrons. The molecule has 3 heterocycles. The third-order valence-electron chi connectivity index (χ3n) is 7.71. The summed E-state index contributed by atoms with van der Waals surface area (Å²) in [5.41, 5.74) is 3.22. The second kappa shape index (κ2) is 9.48. The summed E-state index contributed by atoms with van der Waals surface area (Å²) in [6.07, 6.45) is 16.6. The second-order valence-electron chi connectivity index (χ2n) is 9.97. The van der Waals surface area contributed by atoms with Gasteiger partial charge in [0.25, 0.3) is 0 Å². The number of nitrogens with zero attached hydrogens (tertiary/aromatic N) is 3. The SMILES string of the molecule is Cc1ccccc1C(=O)/C=C/N1CC2CC1CN2c1ccc(CC2CCCCCC2)cn1. The fourth-order valence-corrected chi connectivity index (χ4v) is 5.87. The molecule has 3 fully saturated rings. The van der Waals surface area contributed by atoms with Crippen molar-refractivity contribution in [1.82, 2.24) is 9.88 Å². The Labute approximate surface area is 192 Å². The van der Waals surface area contributed by atoms with Gasteiger partial charge in [0.1, 0.15) is 5.82 Å². The molecule has 0 amide bonds. The fourth-order valence-electron chi connectivity index (χ4n) is 5.87. The highest BCUT2D eigenvalue weighted by Gasteiger charge is 2.42. The molecule has 3 aliphatic rings. The van der Waals surface area contributed by atoms with E-state index in [9.17, 15) is 4.79 Å². The maximum absolute atomic E-state index is 12.6. The van der Waals surface area contributed by atoms with E-state index in [1.54, 1.807) is 6.08 Å². The number of carbonyl (C=O) groups excluding carboxylic acids is 1. The van der Waals surface area contributed by atoms with Crippen LogP contribution in [0.4, 0.5) is 5.82 Å². The molecule has 2 bridgehead atoms. The van der Waals surface area contributed by atoms with Crippen molar-refractivity contribution in [1.29, 1.82) is 0 Å². The number of pyridine rings is 1. The Bertz CT molecular complexity index is 959. The van der Waals surface area contributed by atoms with E-state index in [-0.39, 0.29) is 5.78 Å². The van der Waals surface area contributed by atoms with Crippen LogP contribution in [0.5, 0.6) is 0 Å². The number of aromatic nitrogens is 1. The summed E-state index contributed by atoms with van der Waals surface area (Å²) in [7, 11) is 0. The van der Waals surface area contributed by atoms with Gasteiger partial charge >= 0.3 is 0 Å². The van der Waals surface area contributed by atoms with E-state index in [2.05, 4.69) is 28.1 Å². The van der Waals surface area contributed by atoms with Crippen LogP contribution in [0.2, 0.25) is 0 Å². The Balaban J connectivity index is 1.17. The molecule has 1 saturated carbocycles. The molecule has 0 spiro atoms. The number of hydrogen-bond acceptors (Lipinski definition) is 4. The Morgan fingerprint density at radius 1 is 1.03 bits per heavy atom. The van der Waals surface area contributed by atoms with Crippen LogP contribution in [-0.2, 0) is 6.42 Å². The number of carbonyl (C=O) groups is 1. The van der Waals surface area contributed by atoms with Gasteiger partial charge in [-0.25, -0.2) is 4.98 Å². The van der Waals surface area contributed by atoms with Crippen molar-refractivity contribution in [2.75, 3.05) is 18.0 Å². The minimum Gasteiger partial charge on any atom is -0.370 e. The van der Waals surface area contributed by atoms with Crippen LogP contribution < -0.4 is 4.90 Å². The Morgan fingerprint density at radius 2 is 1.84 bits per heavy atom. The highest BCUT2D eigenvalue weighted by atomic mass is 16.1. The molecule has 2 aliphatic heterocycles. The maximum atomic E-state index is 12.6. The fraction of sp³-hybridized carbons (Fsp3) is 0.500. The number of hydrogen-bond donors (Lipinski definition) is 0. The lowest BCUT2D eigenvalue weighted by Gasteiger charge is -2.34. The third kappa shape index (κ3) is 4.60. The van der Waals surface area contributed by atoms with E-state index in [0.717, 1.165) is 42.4 Å². The average molecular weight is 430 g/mol. The van der Waals surface area contributed by atoms with Crippen molar-refractivity contribution in [2.24, 2.45) is 5.92 Å². The topological polar surface area (TPSA) is 36.4 Å². The largest absolute Gasteiger partial charge is 0.370 e. The van der Waals surface area contributed by atoms with Gasteiger partial charge in [-0.15, -0.1) is 0 Å². The number of aryl methyl sites for hydroxylation is 1. The number of rotatable bonds is 6. The monoisotopic (exact) mass is 429 g/mol. The Morgan fingerprint density at radius 3 is 2.53 bits per heavy atom. The van der Waals surface area contributed by atoms with E-state index in [1.165, 1.54) is 50.5 Å². The van der Waals surface area contributed by atoms with Crippen LogP contribution in [0.15, 0.2) is 54.9 Å². The molecule has 2 unspecified atom stereocenters. The molecule has 1 aliphatic carbocycles. The predicted octanol–water partition coefficient (Wildman–Crippen LogP) is 5.56. The molecule has 4 nitrogen and oxygen atoms in total. The Hall–Kier alpha value is -2.62. The first-order valence-corrected chi connectivity index (χ1v) is 12.4.